The third-order valence-electron chi connectivity index (χ3n) is 5.89. The molecule has 0 aliphatic carbocycles. The van der Waals surface area contributed by atoms with Gasteiger partial charge in [-0.15, -0.1) is 0 Å². The summed E-state index contributed by atoms with van der Waals surface area (Å²) in [6, 6.07) is 17.0. The number of nitrogens with one attached hydrogen (secondary N) is 2. The number of carbonyl (C=O) groups excluding carboxylic acids is 2. The lowest BCUT2D eigenvalue weighted by molar-refractivity contribution is -0.147. The molecule has 194 valence electrons. The fourth-order valence-electron chi connectivity index (χ4n) is 3.49. The number of unbranched alkanes of at least 4 members (excludes halogenated alkanes) is 1. The molecule has 0 bridgehead atoms. The first-order valence-corrected chi connectivity index (χ1v) is 12.1. The average molecular weight is 496 g/mol. The average Bonchev–Trinajstić information content (AvgIpc) is 2.85. The molecule has 0 fully saturated rings. The summed E-state index contributed by atoms with van der Waals surface area (Å²) in [5.74, 6) is -1.59. The molecule has 0 saturated heterocycles. The van der Waals surface area contributed by atoms with Crippen LogP contribution >= 0.6 is 0 Å². The Bertz CT molecular complexity index is 1030. The number of aliphatic imine (C=N–C) groups is 1. The van der Waals surface area contributed by atoms with Crippen LogP contribution in [0.15, 0.2) is 59.6 Å². The van der Waals surface area contributed by atoms with Crippen LogP contribution in [0.3, 0.4) is 0 Å². The number of hydrogen-bond donors (Lipinski definition) is 5. The van der Waals surface area contributed by atoms with Gasteiger partial charge in [0.1, 0.15) is 6.04 Å². The van der Waals surface area contributed by atoms with Crippen LogP contribution in [0.4, 0.5) is 0 Å². The third-order valence-corrected chi connectivity index (χ3v) is 5.89. The lowest BCUT2D eigenvalue weighted by Crippen LogP contribution is -2.48. The molecule has 36 heavy (non-hydrogen) atoms. The molecule has 9 nitrogen and oxygen atoms in total. The quantitative estimate of drug-likeness (QED) is 0.154. The minimum Gasteiger partial charge on any atom is -0.481 e. The largest absolute Gasteiger partial charge is 0.481 e. The fourth-order valence-corrected chi connectivity index (χ4v) is 3.49. The van der Waals surface area contributed by atoms with Gasteiger partial charge in [0.25, 0.3) is 0 Å². The molecule has 0 saturated carbocycles. The van der Waals surface area contributed by atoms with E-state index in [0.717, 1.165) is 16.7 Å². The first-order valence-electron chi connectivity index (χ1n) is 12.1. The van der Waals surface area contributed by atoms with E-state index in [-0.39, 0.29) is 30.6 Å². The maximum atomic E-state index is 12.9. The normalized spacial score (nSPS) is 11.8. The van der Waals surface area contributed by atoms with Crippen molar-refractivity contribution >= 4 is 23.7 Å². The highest BCUT2D eigenvalue weighted by Gasteiger charge is 2.28. The summed E-state index contributed by atoms with van der Waals surface area (Å²) in [7, 11) is 0. The first kappa shape index (κ1) is 28.4. The van der Waals surface area contributed by atoms with Crippen LogP contribution in [0.1, 0.15) is 45.1 Å². The Hall–Kier alpha value is -3.88. The summed E-state index contributed by atoms with van der Waals surface area (Å²) in [4.78, 5) is 40.8. The molecule has 0 radical (unpaired) electrons. The summed E-state index contributed by atoms with van der Waals surface area (Å²) in [5, 5.41) is 15.0. The lowest BCUT2D eigenvalue weighted by Gasteiger charge is -2.21. The molecule has 2 amide bonds. The molecule has 2 rings (SSSR count). The van der Waals surface area contributed by atoms with Crippen LogP contribution < -0.4 is 22.1 Å². The van der Waals surface area contributed by atoms with Gasteiger partial charge in [-0.1, -0.05) is 54.6 Å². The molecular weight excluding hydrogens is 458 g/mol. The number of rotatable bonds is 14. The maximum Gasteiger partial charge on any atom is 0.309 e. The number of carbonyl (C=O) groups is 3. The second kappa shape index (κ2) is 13.9. The van der Waals surface area contributed by atoms with Gasteiger partial charge in [0.2, 0.25) is 11.8 Å². The summed E-state index contributed by atoms with van der Waals surface area (Å²) in [6.45, 7) is 4.04. The SMILES string of the molecule is CC(C)(CCC(=O)N[C@H](Cc1ccc(-c2ccccc2)cc1)C(=O)NCCCCN=C(N)N)C(=O)O. The van der Waals surface area contributed by atoms with E-state index in [4.69, 9.17) is 11.5 Å². The predicted molar refractivity (Wildman–Crippen MR) is 141 cm³/mol. The molecule has 0 aliphatic heterocycles. The van der Waals surface area contributed by atoms with Crippen LogP contribution in [0, 0.1) is 5.41 Å². The van der Waals surface area contributed by atoms with Gasteiger partial charge in [-0.2, -0.15) is 0 Å². The number of carboxylic acid groups (broad SMARTS) is 1. The van der Waals surface area contributed by atoms with E-state index >= 15 is 0 Å². The number of hydrogen-bond acceptors (Lipinski definition) is 4. The Morgan fingerprint density at radius 3 is 2.22 bits per heavy atom. The maximum absolute atomic E-state index is 12.9. The van der Waals surface area contributed by atoms with Gasteiger partial charge in [0, 0.05) is 25.9 Å². The van der Waals surface area contributed by atoms with Crippen molar-refractivity contribution < 1.29 is 19.5 Å². The predicted octanol–water partition coefficient (Wildman–Crippen LogP) is 2.44. The molecule has 0 spiro atoms. The van der Waals surface area contributed by atoms with Crippen LogP contribution in [0.2, 0.25) is 0 Å². The highest BCUT2D eigenvalue weighted by atomic mass is 16.4. The number of nitrogens with zero attached hydrogens (tertiary/aromatic N) is 1. The number of benzene rings is 2. The van der Waals surface area contributed by atoms with Gasteiger partial charge < -0.3 is 27.2 Å². The van der Waals surface area contributed by atoms with Gasteiger partial charge in [-0.3, -0.25) is 19.4 Å². The first-order chi connectivity index (χ1) is 17.1. The number of nitrogens with two attached hydrogens (primary N) is 2. The Labute approximate surface area is 212 Å². The minimum absolute atomic E-state index is 0.00847. The van der Waals surface area contributed by atoms with E-state index in [1.165, 1.54) is 0 Å². The van der Waals surface area contributed by atoms with Crippen LogP contribution in [0.25, 0.3) is 11.1 Å². The van der Waals surface area contributed by atoms with E-state index in [1.807, 2.05) is 54.6 Å². The van der Waals surface area contributed by atoms with Crippen LogP contribution in [-0.2, 0) is 20.8 Å². The molecule has 1 atom stereocenters. The van der Waals surface area contributed by atoms with Crippen molar-refractivity contribution in [1.82, 2.24) is 10.6 Å². The molecule has 2 aromatic rings. The summed E-state index contributed by atoms with van der Waals surface area (Å²) in [5.41, 5.74) is 12.6. The van der Waals surface area contributed by atoms with Crippen LogP contribution in [-0.4, -0.2) is 48.0 Å². The Kier molecular flexibility index (Phi) is 10.9. The summed E-state index contributed by atoms with van der Waals surface area (Å²) < 4.78 is 0. The zero-order valence-corrected chi connectivity index (χ0v) is 21.0. The highest BCUT2D eigenvalue weighted by molar-refractivity contribution is 5.88. The van der Waals surface area contributed by atoms with Crippen molar-refractivity contribution in [2.75, 3.05) is 13.1 Å². The van der Waals surface area contributed by atoms with Crippen molar-refractivity contribution in [2.45, 2.75) is 52.0 Å². The zero-order valence-electron chi connectivity index (χ0n) is 21.0. The Morgan fingerprint density at radius 1 is 0.972 bits per heavy atom. The minimum atomic E-state index is -1.03. The van der Waals surface area contributed by atoms with Crippen molar-refractivity contribution in [2.24, 2.45) is 21.9 Å². The smallest absolute Gasteiger partial charge is 0.309 e. The van der Waals surface area contributed by atoms with Crippen molar-refractivity contribution in [3.63, 3.8) is 0 Å². The van der Waals surface area contributed by atoms with Crippen molar-refractivity contribution in [3.05, 3.63) is 60.2 Å². The second-order valence-electron chi connectivity index (χ2n) is 9.38. The van der Waals surface area contributed by atoms with E-state index in [1.54, 1.807) is 13.8 Å². The lowest BCUT2D eigenvalue weighted by atomic mass is 9.88. The van der Waals surface area contributed by atoms with Gasteiger partial charge in [-0.25, -0.2) is 0 Å². The van der Waals surface area contributed by atoms with Gasteiger partial charge >= 0.3 is 5.97 Å². The molecule has 7 N–H and O–H groups in total. The highest BCUT2D eigenvalue weighted by Crippen LogP contribution is 2.22. The Morgan fingerprint density at radius 2 is 1.61 bits per heavy atom. The second-order valence-corrected chi connectivity index (χ2v) is 9.38. The number of guanidine groups is 1. The van der Waals surface area contributed by atoms with Gasteiger partial charge in [0.05, 0.1) is 5.41 Å². The fraction of sp³-hybridized carbons (Fsp3) is 0.407. The molecule has 0 heterocycles. The third kappa shape index (κ3) is 9.77. The van der Waals surface area contributed by atoms with Crippen molar-refractivity contribution in [3.8, 4) is 11.1 Å². The van der Waals surface area contributed by atoms with Gasteiger partial charge in [-0.05, 0) is 49.8 Å². The van der Waals surface area contributed by atoms with E-state index in [9.17, 15) is 19.5 Å². The number of amides is 2. The summed E-state index contributed by atoms with van der Waals surface area (Å²) >= 11 is 0. The van der Waals surface area contributed by atoms with E-state index in [2.05, 4.69) is 15.6 Å². The van der Waals surface area contributed by atoms with Crippen molar-refractivity contribution in [1.29, 1.82) is 0 Å². The molecular formula is C27H37N5O4. The monoisotopic (exact) mass is 495 g/mol. The molecule has 2 aromatic carbocycles. The molecule has 0 unspecified atom stereocenters. The van der Waals surface area contributed by atoms with E-state index in [0.29, 0.717) is 32.4 Å². The van der Waals surface area contributed by atoms with Gasteiger partial charge in [0.15, 0.2) is 5.96 Å². The topological polar surface area (TPSA) is 160 Å². The summed E-state index contributed by atoms with van der Waals surface area (Å²) in [6.07, 6.45) is 1.87. The molecule has 9 heteroatoms. The number of carboxylic acids is 1. The molecule has 0 aliphatic rings. The Balaban J connectivity index is 2.03. The van der Waals surface area contributed by atoms with E-state index < -0.39 is 17.4 Å². The number of aliphatic carboxylic acids is 1. The molecule has 0 aromatic heterocycles. The van der Waals surface area contributed by atoms with Crippen LogP contribution in [0.5, 0.6) is 0 Å². The zero-order chi connectivity index (χ0) is 26.6. The standard InChI is InChI=1S/C27H37N5O4/c1-27(2,25(35)36)15-14-23(33)32-22(24(34)30-16-6-7-17-31-26(28)29)18-19-10-12-21(13-11-19)20-8-4-3-5-9-20/h3-5,8-13,22H,6-7,14-18H2,1-2H3,(H,30,34)(H,32,33)(H,35,36)(H4,28,29,31)/t22-/m1/s1.